The van der Waals surface area contributed by atoms with E-state index in [9.17, 15) is 13.2 Å². The van der Waals surface area contributed by atoms with Crippen LogP contribution in [0.15, 0.2) is 63.9 Å². The molecule has 0 aromatic heterocycles. The first kappa shape index (κ1) is 19.6. The molecule has 0 aliphatic carbocycles. The van der Waals surface area contributed by atoms with Crippen molar-refractivity contribution >= 4 is 27.5 Å². The van der Waals surface area contributed by atoms with Gasteiger partial charge < -0.3 is 9.80 Å². The Kier molecular flexibility index (Phi) is 5.17. The van der Waals surface area contributed by atoms with Gasteiger partial charge in [0.1, 0.15) is 4.90 Å². The molecule has 0 N–H and O–H groups in total. The quantitative estimate of drug-likeness (QED) is 0.777. The van der Waals surface area contributed by atoms with Gasteiger partial charge in [0.25, 0.3) is 10.0 Å². The Morgan fingerprint density at radius 2 is 1.66 bits per heavy atom. The van der Waals surface area contributed by atoms with Crippen LogP contribution in [0, 0.1) is 5.92 Å². The number of amides is 1. The lowest BCUT2D eigenvalue weighted by Crippen LogP contribution is -2.46. The summed E-state index contributed by atoms with van der Waals surface area (Å²) in [6.45, 7) is 5.27. The molecular formula is C22H25N3O3S. The van der Waals surface area contributed by atoms with Crippen molar-refractivity contribution in [3.05, 3.63) is 60.2 Å². The van der Waals surface area contributed by atoms with Crippen molar-refractivity contribution in [3.8, 4) is 0 Å². The summed E-state index contributed by atoms with van der Waals surface area (Å²) in [5.74, 6) is 0.560. The molecular weight excluding hydrogens is 386 g/mol. The number of amidine groups is 1. The first-order valence-electron chi connectivity index (χ1n) is 9.96. The van der Waals surface area contributed by atoms with Gasteiger partial charge in [-0.05, 0) is 51.0 Å². The Morgan fingerprint density at radius 3 is 2.31 bits per heavy atom. The maximum absolute atomic E-state index is 13.3. The molecule has 1 saturated heterocycles. The van der Waals surface area contributed by atoms with Crippen molar-refractivity contribution < 1.29 is 13.2 Å². The Hall–Kier alpha value is -2.67. The number of sulfonamides is 1. The molecule has 0 unspecified atom stereocenters. The summed E-state index contributed by atoms with van der Waals surface area (Å²) >= 11 is 0. The standard InChI is InChI=1S/C22H25N3O3S/c1-16(2)25(18-8-4-3-5-9-18)22(26)17-12-14-24(15-13-17)21-19-10-6-7-11-20(19)29(27,28)23-21/h3-11,16-17H,12-15H2,1-2H3. The minimum absolute atomic E-state index is 0.0687. The van der Waals surface area contributed by atoms with Gasteiger partial charge in [-0.1, -0.05) is 30.3 Å². The largest absolute Gasteiger partial charge is 0.355 e. The van der Waals surface area contributed by atoms with Gasteiger partial charge in [-0.15, -0.1) is 4.40 Å². The Labute approximate surface area is 171 Å². The zero-order valence-electron chi connectivity index (χ0n) is 16.7. The lowest BCUT2D eigenvalue weighted by Gasteiger charge is -2.36. The van der Waals surface area contributed by atoms with Crippen molar-refractivity contribution in [3.63, 3.8) is 0 Å². The van der Waals surface area contributed by atoms with E-state index in [4.69, 9.17) is 0 Å². The smallest absolute Gasteiger partial charge is 0.285 e. The average molecular weight is 412 g/mol. The number of carbonyl (C=O) groups excluding carboxylic acids is 1. The van der Waals surface area contributed by atoms with Crippen LogP contribution in [0.25, 0.3) is 0 Å². The second-order valence-electron chi connectivity index (χ2n) is 7.78. The minimum Gasteiger partial charge on any atom is -0.355 e. The molecule has 29 heavy (non-hydrogen) atoms. The van der Waals surface area contributed by atoms with E-state index in [0.29, 0.717) is 37.3 Å². The number of hydrogen-bond acceptors (Lipinski definition) is 4. The normalized spacial score (nSPS) is 18.4. The molecule has 2 heterocycles. The SMILES string of the molecule is CC(C)N(C(=O)C1CCN(C2=NS(=O)(=O)c3ccccc32)CC1)c1ccccc1. The van der Waals surface area contributed by atoms with Gasteiger partial charge in [0.2, 0.25) is 5.91 Å². The van der Waals surface area contributed by atoms with Crippen LogP contribution in [0.4, 0.5) is 5.69 Å². The molecule has 6 nitrogen and oxygen atoms in total. The molecule has 0 saturated carbocycles. The monoisotopic (exact) mass is 411 g/mol. The predicted octanol–water partition coefficient (Wildman–Crippen LogP) is 3.29. The van der Waals surface area contributed by atoms with Crippen molar-refractivity contribution in [2.45, 2.75) is 37.6 Å². The van der Waals surface area contributed by atoms with E-state index in [-0.39, 0.29) is 22.8 Å². The number of likely N-dealkylation sites (tertiary alicyclic amines) is 1. The first-order chi connectivity index (χ1) is 13.9. The summed E-state index contributed by atoms with van der Waals surface area (Å²) in [6, 6.07) is 16.7. The van der Waals surface area contributed by atoms with Gasteiger partial charge in [0.05, 0.1) is 0 Å². The molecule has 7 heteroatoms. The number of carbonyl (C=O) groups is 1. The van der Waals surface area contributed by atoms with Crippen LogP contribution in [0.5, 0.6) is 0 Å². The lowest BCUT2D eigenvalue weighted by atomic mass is 9.94. The molecule has 2 aliphatic rings. The average Bonchev–Trinajstić information content (AvgIpc) is 3.00. The molecule has 1 amide bonds. The molecule has 0 bridgehead atoms. The molecule has 0 radical (unpaired) electrons. The van der Waals surface area contributed by atoms with E-state index >= 15 is 0 Å². The van der Waals surface area contributed by atoms with E-state index in [1.165, 1.54) is 0 Å². The number of hydrogen-bond donors (Lipinski definition) is 0. The molecule has 2 aliphatic heterocycles. The predicted molar refractivity (Wildman–Crippen MR) is 114 cm³/mol. The fourth-order valence-corrected chi connectivity index (χ4v) is 5.35. The Balaban J connectivity index is 1.49. The zero-order chi connectivity index (χ0) is 20.6. The number of para-hydroxylation sites is 1. The van der Waals surface area contributed by atoms with Gasteiger partial charge in [-0.25, -0.2) is 0 Å². The van der Waals surface area contributed by atoms with E-state index in [1.54, 1.807) is 18.2 Å². The second kappa shape index (κ2) is 7.63. The summed E-state index contributed by atoms with van der Waals surface area (Å²) in [6.07, 6.45) is 1.35. The molecule has 0 atom stereocenters. The summed E-state index contributed by atoms with van der Waals surface area (Å²) < 4.78 is 28.7. The number of benzene rings is 2. The highest BCUT2D eigenvalue weighted by Crippen LogP contribution is 2.31. The molecule has 152 valence electrons. The second-order valence-corrected chi connectivity index (χ2v) is 9.36. The van der Waals surface area contributed by atoms with E-state index in [2.05, 4.69) is 4.40 Å². The molecule has 2 aromatic carbocycles. The summed E-state index contributed by atoms with van der Waals surface area (Å²) in [4.78, 5) is 17.4. The van der Waals surface area contributed by atoms with E-state index in [1.807, 2.05) is 60.0 Å². The Morgan fingerprint density at radius 1 is 1.03 bits per heavy atom. The Bertz CT molecular complexity index is 1040. The third-order valence-electron chi connectivity index (χ3n) is 5.54. The minimum atomic E-state index is -3.62. The van der Waals surface area contributed by atoms with Crippen LogP contribution in [0.3, 0.4) is 0 Å². The summed E-state index contributed by atoms with van der Waals surface area (Å²) in [7, 11) is -3.62. The van der Waals surface area contributed by atoms with Crippen LogP contribution < -0.4 is 4.90 Å². The van der Waals surface area contributed by atoms with Crippen molar-refractivity contribution in [1.29, 1.82) is 0 Å². The van der Waals surface area contributed by atoms with Crippen LogP contribution >= 0.6 is 0 Å². The number of anilines is 1. The van der Waals surface area contributed by atoms with Gasteiger partial charge >= 0.3 is 0 Å². The number of rotatable bonds is 3. The first-order valence-corrected chi connectivity index (χ1v) is 11.4. The van der Waals surface area contributed by atoms with Crippen molar-refractivity contribution in [1.82, 2.24) is 4.90 Å². The van der Waals surface area contributed by atoms with Gasteiger partial charge in [-0.2, -0.15) is 8.42 Å². The molecule has 2 aromatic rings. The maximum Gasteiger partial charge on any atom is 0.285 e. The third-order valence-corrected chi connectivity index (χ3v) is 6.87. The number of fused-ring (bicyclic) bond motifs is 1. The van der Waals surface area contributed by atoms with Crippen molar-refractivity contribution in [2.24, 2.45) is 10.3 Å². The molecule has 4 rings (SSSR count). The highest BCUT2D eigenvalue weighted by molar-refractivity contribution is 7.90. The third kappa shape index (κ3) is 3.67. The zero-order valence-corrected chi connectivity index (χ0v) is 17.5. The highest BCUT2D eigenvalue weighted by Gasteiger charge is 2.36. The number of piperidine rings is 1. The maximum atomic E-state index is 13.3. The summed E-state index contributed by atoms with van der Waals surface area (Å²) in [5, 5.41) is 0. The molecule has 1 fully saturated rings. The van der Waals surface area contributed by atoms with Gasteiger partial charge in [0.15, 0.2) is 5.84 Å². The lowest BCUT2D eigenvalue weighted by molar-refractivity contribution is -0.123. The highest BCUT2D eigenvalue weighted by atomic mass is 32.2. The van der Waals surface area contributed by atoms with E-state index in [0.717, 1.165) is 5.69 Å². The van der Waals surface area contributed by atoms with Gasteiger partial charge in [-0.3, -0.25) is 4.79 Å². The van der Waals surface area contributed by atoms with E-state index < -0.39 is 10.0 Å². The van der Waals surface area contributed by atoms with Crippen LogP contribution in [0.2, 0.25) is 0 Å². The molecule has 0 spiro atoms. The fraction of sp³-hybridized carbons (Fsp3) is 0.364. The van der Waals surface area contributed by atoms with Crippen molar-refractivity contribution in [2.75, 3.05) is 18.0 Å². The van der Waals surface area contributed by atoms with Crippen LogP contribution in [-0.2, 0) is 14.8 Å². The topological polar surface area (TPSA) is 70.1 Å². The van der Waals surface area contributed by atoms with Crippen LogP contribution in [-0.4, -0.2) is 44.2 Å². The number of nitrogens with zero attached hydrogens (tertiary/aromatic N) is 3. The summed E-state index contributed by atoms with van der Waals surface area (Å²) in [5.41, 5.74) is 1.57. The van der Waals surface area contributed by atoms with Crippen LogP contribution in [0.1, 0.15) is 32.3 Å². The fourth-order valence-electron chi connectivity index (χ4n) is 4.12. The van der Waals surface area contributed by atoms with Gasteiger partial charge in [0, 0.05) is 36.3 Å².